The largest absolute Gasteiger partial charge is 0.503 e. The van der Waals surface area contributed by atoms with Crippen molar-refractivity contribution in [3.63, 3.8) is 0 Å². The SMILES string of the molecule is O=C(C1=C(O)C(=O)N(Cc2cccnc2)[C@H]1c1ccccc1F)c1cccs1. The highest BCUT2D eigenvalue weighted by Crippen LogP contribution is 2.41. The zero-order valence-corrected chi connectivity index (χ0v) is 15.4. The minimum absolute atomic E-state index is 0.0803. The molecule has 5 nitrogen and oxygen atoms in total. The molecule has 3 aromatic rings. The molecule has 0 saturated carbocycles. The van der Waals surface area contributed by atoms with Crippen LogP contribution < -0.4 is 0 Å². The highest BCUT2D eigenvalue weighted by molar-refractivity contribution is 7.12. The number of ketones is 1. The first-order valence-corrected chi connectivity index (χ1v) is 9.41. The third kappa shape index (κ3) is 3.10. The molecule has 2 aromatic heterocycles. The first-order valence-electron chi connectivity index (χ1n) is 8.53. The zero-order chi connectivity index (χ0) is 19.7. The highest BCUT2D eigenvalue weighted by Gasteiger charge is 2.44. The van der Waals surface area contributed by atoms with E-state index >= 15 is 0 Å². The molecule has 1 aliphatic heterocycles. The summed E-state index contributed by atoms with van der Waals surface area (Å²) in [6.07, 6.45) is 3.19. The van der Waals surface area contributed by atoms with Crippen molar-refractivity contribution in [1.29, 1.82) is 0 Å². The Morgan fingerprint density at radius 2 is 2.00 bits per heavy atom. The number of pyridine rings is 1. The van der Waals surface area contributed by atoms with Gasteiger partial charge >= 0.3 is 0 Å². The van der Waals surface area contributed by atoms with Crippen molar-refractivity contribution in [1.82, 2.24) is 9.88 Å². The lowest BCUT2D eigenvalue weighted by molar-refractivity contribution is -0.130. The van der Waals surface area contributed by atoms with E-state index in [1.807, 2.05) is 0 Å². The Morgan fingerprint density at radius 3 is 2.68 bits per heavy atom. The second kappa shape index (κ2) is 7.36. The third-order valence-corrected chi connectivity index (χ3v) is 5.44. The molecule has 1 N–H and O–H groups in total. The van der Waals surface area contributed by atoms with Crippen LogP contribution in [0.2, 0.25) is 0 Å². The van der Waals surface area contributed by atoms with Crippen molar-refractivity contribution in [2.45, 2.75) is 12.6 Å². The van der Waals surface area contributed by atoms with Gasteiger partial charge in [-0.3, -0.25) is 14.6 Å². The fourth-order valence-electron chi connectivity index (χ4n) is 3.30. The van der Waals surface area contributed by atoms with Crippen molar-refractivity contribution >= 4 is 23.0 Å². The lowest BCUT2D eigenvalue weighted by Gasteiger charge is -2.27. The summed E-state index contributed by atoms with van der Waals surface area (Å²) in [6.45, 7) is 0.0803. The van der Waals surface area contributed by atoms with Gasteiger partial charge in [0, 0.05) is 24.5 Å². The van der Waals surface area contributed by atoms with Gasteiger partial charge in [-0.2, -0.15) is 0 Å². The number of amides is 1. The Bertz CT molecular complexity index is 1060. The van der Waals surface area contributed by atoms with Crippen LogP contribution in [0.15, 0.2) is 77.6 Å². The van der Waals surface area contributed by atoms with Crippen molar-refractivity contribution in [2.24, 2.45) is 0 Å². The molecule has 7 heteroatoms. The van der Waals surface area contributed by atoms with Gasteiger partial charge in [0.1, 0.15) is 5.82 Å². The van der Waals surface area contributed by atoms with E-state index in [0.717, 1.165) is 0 Å². The summed E-state index contributed by atoms with van der Waals surface area (Å²) >= 11 is 1.20. The fraction of sp³-hybridized carbons (Fsp3) is 0.0952. The maximum atomic E-state index is 14.6. The summed E-state index contributed by atoms with van der Waals surface area (Å²) in [4.78, 5) is 31.6. The molecule has 4 rings (SSSR count). The number of rotatable bonds is 5. The van der Waals surface area contributed by atoms with Crippen LogP contribution in [0.25, 0.3) is 0 Å². The number of aliphatic hydroxyl groups is 1. The molecule has 0 saturated heterocycles. The van der Waals surface area contributed by atoms with E-state index < -0.39 is 29.3 Å². The highest BCUT2D eigenvalue weighted by atomic mass is 32.1. The molecule has 1 aromatic carbocycles. The lowest BCUT2D eigenvalue weighted by Crippen LogP contribution is -2.31. The number of aromatic nitrogens is 1. The number of hydrogen-bond acceptors (Lipinski definition) is 5. The summed E-state index contributed by atoms with van der Waals surface area (Å²) in [7, 11) is 0. The topological polar surface area (TPSA) is 70.5 Å². The maximum absolute atomic E-state index is 14.6. The molecule has 0 bridgehead atoms. The van der Waals surface area contributed by atoms with Gasteiger partial charge in [0.25, 0.3) is 5.91 Å². The second-order valence-corrected chi connectivity index (χ2v) is 7.23. The molecular formula is C21H15FN2O3S. The van der Waals surface area contributed by atoms with Gasteiger partial charge in [-0.1, -0.05) is 30.3 Å². The van der Waals surface area contributed by atoms with E-state index in [9.17, 15) is 19.1 Å². The smallest absolute Gasteiger partial charge is 0.290 e. The van der Waals surface area contributed by atoms with E-state index in [0.29, 0.717) is 10.4 Å². The number of halogens is 1. The number of benzene rings is 1. The number of carbonyl (C=O) groups is 2. The van der Waals surface area contributed by atoms with E-state index in [1.165, 1.54) is 34.4 Å². The molecule has 28 heavy (non-hydrogen) atoms. The molecule has 1 amide bonds. The second-order valence-electron chi connectivity index (χ2n) is 6.29. The summed E-state index contributed by atoms with van der Waals surface area (Å²) in [5.41, 5.74) is 0.750. The molecule has 0 radical (unpaired) electrons. The minimum Gasteiger partial charge on any atom is -0.503 e. The van der Waals surface area contributed by atoms with Crippen LogP contribution in [0.4, 0.5) is 4.39 Å². The lowest BCUT2D eigenvalue weighted by atomic mass is 9.95. The normalized spacial score (nSPS) is 16.7. The van der Waals surface area contributed by atoms with Crippen LogP contribution in [-0.2, 0) is 11.3 Å². The zero-order valence-electron chi connectivity index (χ0n) is 14.6. The van der Waals surface area contributed by atoms with Gasteiger partial charge < -0.3 is 10.0 Å². The molecule has 0 spiro atoms. The van der Waals surface area contributed by atoms with Crippen molar-refractivity contribution in [3.05, 3.63) is 99.5 Å². The molecule has 0 unspecified atom stereocenters. The molecule has 1 atom stereocenters. The third-order valence-electron chi connectivity index (χ3n) is 4.57. The van der Waals surface area contributed by atoms with Crippen molar-refractivity contribution < 1.29 is 19.1 Å². The predicted octanol–water partition coefficient (Wildman–Crippen LogP) is 4.06. The van der Waals surface area contributed by atoms with E-state index in [-0.39, 0.29) is 17.7 Å². The van der Waals surface area contributed by atoms with Gasteiger partial charge in [-0.05, 0) is 29.1 Å². The number of Topliss-reactive ketones (excluding diaryl/α,β-unsaturated/α-hetero) is 1. The monoisotopic (exact) mass is 394 g/mol. The van der Waals surface area contributed by atoms with E-state index in [2.05, 4.69) is 4.98 Å². The summed E-state index contributed by atoms with van der Waals surface area (Å²) in [6, 6.07) is 11.7. The average molecular weight is 394 g/mol. The van der Waals surface area contributed by atoms with Gasteiger partial charge in [0.05, 0.1) is 16.5 Å². The molecule has 1 aliphatic rings. The average Bonchev–Trinajstić information content (AvgIpc) is 3.32. The van der Waals surface area contributed by atoms with Gasteiger partial charge in [0.15, 0.2) is 5.76 Å². The Morgan fingerprint density at radius 1 is 1.18 bits per heavy atom. The number of carbonyl (C=O) groups excluding carboxylic acids is 2. The summed E-state index contributed by atoms with van der Waals surface area (Å²) in [5.74, 6) is -2.39. The maximum Gasteiger partial charge on any atom is 0.290 e. The van der Waals surface area contributed by atoms with E-state index in [1.54, 1.807) is 48.1 Å². The van der Waals surface area contributed by atoms with Crippen LogP contribution >= 0.6 is 11.3 Å². The number of aliphatic hydroxyl groups excluding tert-OH is 1. The van der Waals surface area contributed by atoms with Crippen LogP contribution in [0.5, 0.6) is 0 Å². The van der Waals surface area contributed by atoms with Crippen LogP contribution in [0, 0.1) is 5.82 Å². The molecule has 140 valence electrons. The molecular weight excluding hydrogens is 379 g/mol. The fourth-order valence-corrected chi connectivity index (χ4v) is 3.98. The van der Waals surface area contributed by atoms with Crippen molar-refractivity contribution in [3.8, 4) is 0 Å². The number of thiophene rings is 1. The Kier molecular flexibility index (Phi) is 4.75. The van der Waals surface area contributed by atoms with Crippen LogP contribution in [0.1, 0.15) is 26.8 Å². The molecule has 0 fully saturated rings. The van der Waals surface area contributed by atoms with Crippen LogP contribution in [-0.4, -0.2) is 26.7 Å². The van der Waals surface area contributed by atoms with E-state index in [4.69, 9.17) is 0 Å². The van der Waals surface area contributed by atoms with Gasteiger partial charge in [-0.15, -0.1) is 11.3 Å². The van der Waals surface area contributed by atoms with Crippen molar-refractivity contribution in [2.75, 3.05) is 0 Å². The quantitative estimate of drug-likeness (QED) is 0.663. The van der Waals surface area contributed by atoms with Gasteiger partial charge in [0.2, 0.25) is 5.78 Å². The standard InChI is InChI=1S/C21H15FN2O3S/c22-15-7-2-1-6-14(15)18-17(19(25)16-8-4-10-28-16)20(26)21(27)24(18)12-13-5-3-9-23-11-13/h1-11,18,26H,12H2/t18-/m0/s1. The Balaban J connectivity index is 1.82. The minimum atomic E-state index is -1.02. The first-order chi connectivity index (χ1) is 13.6. The number of hydrogen-bond donors (Lipinski definition) is 1. The summed E-state index contributed by atoms with van der Waals surface area (Å²) in [5, 5.41) is 12.3. The molecule has 0 aliphatic carbocycles. The van der Waals surface area contributed by atoms with Gasteiger partial charge in [-0.25, -0.2) is 4.39 Å². The Labute approximate surface area is 164 Å². The van der Waals surface area contributed by atoms with Crippen LogP contribution in [0.3, 0.4) is 0 Å². The molecule has 3 heterocycles. The number of nitrogens with zero attached hydrogens (tertiary/aromatic N) is 2. The summed E-state index contributed by atoms with van der Waals surface area (Å²) < 4.78 is 14.6. The predicted molar refractivity (Wildman–Crippen MR) is 102 cm³/mol. The Hall–Kier alpha value is -3.32. The first kappa shape index (κ1) is 18.1.